The molecule has 106 valence electrons. The molecule has 20 heavy (non-hydrogen) atoms. The Morgan fingerprint density at radius 3 is 2.15 bits per heavy atom. The van der Waals surface area contributed by atoms with Crippen molar-refractivity contribution in [3.63, 3.8) is 0 Å². The number of halogens is 4. The van der Waals surface area contributed by atoms with Crippen LogP contribution in [0.1, 0.15) is 0 Å². The van der Waals surface area contributed by atoms with Gasteiger partial charge in [0.05, 0.1) is 0 Å². The van der Waals surface area contributed by atoms with Gasteiger partial charge in [0.15, 0.2) is 23.3 Å². The molecule has 10 heteroatoms. The molecule has 0 atom stereocenters. The molecule has 0 amide bonds. The first-order valence-electron chi connectivity index (χ1n) is 4.96. The number of benzene rings is 1. The summed E-state index contributed by atoms with van der Waals surface area (Å²) in [5, 5.41) is 8.57. The number of carboxylic acids is 1. The zero-order chi connectivity index (χ0) is 15.2. The second-order valence-corrected chi connectivity index (χ2v) is 3.72. The number of carboxylic acid groups (broad SMARTS) is 1. The van der Waals surface area contributed by atoms with Crippen molar-refractivity contribution in [2.75, 3.05) is 0 Å². The number of nitrogens with one attached hydrogen (secondary N) is 1. The van der Waals surface area contributed by atoms with E-state index in [0.29, 0.717) is 0 Å². The summed E-state index contributed by atoms with van der Waals surface area (Å²) >= 11 is 0. The average Bonchev–Trinajstić information content (AvgIpc) is 2.38. The molecule has 0 fully saturated rings. The number of aliphatic carboxylic acids is 1. The van der Waals surface area contributed by atoms with Crippen LogP contribution in [0, 0.1) is 23.3 Å². The zero-order valence-electron chi connectivity index (χ0n) is 9.34. The van der Waals surface area contributed by atoms with Gasteiger partial charge in [-0.05, 0) is 0 Å². The van der Waals surface area contributed by atoms with Gasteiger partial charge in [0.1, 0.15) is 17.6 Å². The summed E-state index contributed by atoms with van der Waals surface area (Å²) in [5.74, 6) is -9.99. The van der Waals surface area contributed by atoms with E-state index >= 15 is 0 Å². The van der Waals surface area contributed by atoms with Gasteiger partial charge in [-0.2, -0.15) is 0 Å². The van der Waals surface area contributed by atoms with Gasteiger partial charge < -0.3 is 10.1 Å². The lowest BCUT2D eigenvalue weighted by atomic mass is 10.2. The number of aromatic nitrogens is 2. The number of fused-ring (bicyclic) bond motifs is 1. The van der Waals surface area contributed by atoms with Crippen molar-refractivity contribution >= 4 is 17.0 Å². The zero-order valence-corrected chi connectivity index (χ0v) is 9.34. The lowest BCUT2D eigenvalue weighted by Crippen LogP contribution is -2.38. The molecular formula is C10H4F4N2O4. The molecular weight excluding hydrogens is 288 g/mol. The predicted octanol–water partition coefficient (Wildman–Crippen LogP) is 0.331. The van der Waals surface area contributed by atoms with E-state index in [2.05, 4.69) is 0 Å². The van der Waals surface area contributed by atoms with E-state index in [0.717, 1.165) is 0 Å². The molecule has 1 aromatic carbocycles. The summed E-state index contributed by atoms with van der Waals surface area (Å²) in [4.78, 5) is 34.7. The standard InChI is InChI=1S/C10H4F4N2O4/c11-3-4(12)6(14)8-7(5(3)13)15-9(19)10(20)16(8)1-2(17)18/h1H2,(H,15,19)(H,17,18). The number of H-pyrrole nitrogens is 1. The van der Waals surface area contributed by atoms with Gasteiger partial charge in [0.2, 0.25) is 0 Å². The van der Waals surface area contributed by atoms with E-state index < -0.39 is 57.9 Å². The Kier molecular flexibility index (Phi) is 3.08. The minimum atomic E-state index is -2.22. The van der Waals surface area contributed by atoms with Crippen LogP contribution in [-0.4, -0.2) is 20.6 Å². The molecule has 0 bridgehead atoms. The SMILES string of the molecule is O=C(O)Cn1c(=O)c(=O)[nH]c2c(F)c(F)c(F)c(F)c21. The molecule has 6 nitrogen and oxygen atoms in total. The highest BCUT2D eigenvalue weighted by atomic mass is 19.2. The Morgan fingerprint density at radius 1 is 1.05 bits per heavy atom. The molecule has 0 radical (unpaired) electrons. The van der Waals surface area contributed by atoms with Gasteiger partial charge in [0, 0.05) is 0 Å². The third kappa shape index (κ3) is 1.85. The van der Waals surface area contributed by atoms with Crippen molar-refractivity contribution in [1.29, 1.82) is 0 Å². The summed E-state index contributed by atoms with van der Waals surface area (Å²) in [7, 11) is 0. The summed E-state index contributed by atoms with van der Waals surface area (Å²) in [6, 6.07) is 0. The second kappa shape index (κ2) is 4.47. The highest BCUT2D eigenvalue weighted by Gasteiger charge is 2.25. The number of rotatable bonds is 2. The van der Waals surface area contributed by atoms with Gasteiger partial charge in [-0.25, -0.2) is 17.6 Å². The highest BCUT2D eigenvalue weighted by molar-refractivity contribution is 5.78. The van der Waals surface area contributed by atoms with Crippen LogP contribution in [0.4, 0.5) is 17.6 Å². The molecule has 2 rings (SSSR count). The maximum Gasteiger partial charge on any atom is 0.323 e. The Bertz CT molecular complexity index is 855. The van der Waals surface area contributed by atoms with Crippen molar-refractivity contribution in [2.45, 2.75) is 6.54 Å². The summed E-state index contributed by atoms with van der Waals surface area (Å²) in [6.07, 6.45) is 0. The third-order valence-electron chi connectivity index (χ3n) is 2.48. The van der Waals surface area contributed by atoms with E-state index in [9.17, 15) is 31.9 Å². The molecule has 0 aliphatic carbocycles. The molecule has 0 saturated carbocycles. The minimum absolute atomic E-state index is 0.0113. The fraction of sp³-hybridized carbons (Fsp3) is 0.100. The van der Waals surface area contributed by atoms with E-state index in [-0.39, 0.29) is 4.57 Å². The fourth-order valence-corrected chi connectivity index (χ4v) is 1.66. The van der Waals surface area contributed by atoms with Crippen LogP contribution in [0.2, 0.25) is 0 Å². The Labute approximate surface area is 105 Å². The van der Waals surface area contributed by atoms with Crippen molar-refractivity contribution in [3.8, 4) is 0 Å². The van der Waals surface area contributed by atoms with Crippen LogP contribution < -0.4 is 11.1 Å². The van der Waals surface area contributed by atoms with Crippen LogP contribution in [0.5, 0.6) is 0 Å². The number of hydrogen-bond donors (Lipinski definition) is 2. The van der Waals surface area contributed by atoms with E-state index in [1.54, 1.807) is 4.98 Å². The minimum Gasteiger partial charge on any atom is -0.480 e. The molecule has 1 heterocycles. The number of aromatic amines is 1. The molecule has 0 aliphatic rings. The maximum absolute atomic E-state index is 13.6. The van der Waals surface area contributed by atoms with E-state index in [1.807, 2.05) is 0 Å². The van der Waals surface area contributed by atoms with Crippen LogP contribution in [0.25, 0.3) is 11.0 Å². The Hall–Kier alpha value is -2.65. The van der Waals surface area contributed by atoms with Crippen molar-refractivity contribution in [1.82, 2.24) is 9.55 Å². The van der Waals surface area contributed by atoms with Crippen molar-refractivity contribution < 1.29 is 27.5 Å². The Balaban J connectivity index is 3.12. The second-order valence-electron chi connectivity index (χ2n) is 3.72. The number of nitrogens with zero attached hydrogens (tertiary/aromatic N) is 1. The average molecular weight is 292 g/mol. The summed E-state index contributed by atoms with van der Waals surface area (Å²) in [6.45, 7) is -1.22. The molecule has 2 N–H and O–H groups in total. The molecule has 1 aromatic heterocycles. The first-order chi connectivity index (χ1) is 9.25. The van der Waals surface area contributed by atoms with Crippen LogP contribution in [0.3, 0.4) is 0 Å². The molecule has 0 spiro atoms. The Morgan fingerprint density at radius 2 is 1.60 bits per heavy atom. The molecule has 0 unspecified atom stereocenters. The molecule has 0 aliphatic heterocycles. The quantitative estimate of drug-likeness (QED) is 0.361. The van der Waals surface area contributed by atoms with Crippen LogP contribution >= 0.6 is 0 Å². The molecule has 0 saturated heterocycles. The van der Waals surface area contributed by atoms with Crippen molar-refractivity contribution in [2.24, 2.45) is 0 Å². The third-order valence-corrected chi connectivity index (χ3v) is 2.48. The lowest BCUT2D eigenvalue weighted by molar-refractivity contribution is -0.137. The fourth-order valence-electron chi connectivity index (χ4n) is 1.66. The van der Waals surface area contributed by atoms with Gasteiger partial charge in [-0.3, -0.25) is 19.0 Å². The topological polar surface area (TPSA) is 92.2 Å². The normalized spacial score (nSPS) is 11.0. The lowest BCUT2D eigenvalue weighted by Gasteiger charge is -2.10. The summed E-state index contributed by atoms with van der Waals surface area (Å²) in [5.41, 5.74) is -5.34. The predicted molar refractivity (Wildman–Crippen MR) is 56.3 cm³/mol. The molecule has 2 aromatic rings. The largest absolute Gasteiger partial charge is 0.480 e. The summed E-state index contributed by atoms with van der Waals surface area (Å²) < 4.78 is 53.2. The smallest absolute Gasteiger partial charge is 0.323 e. The van der Waals surface area contributed by atoms with Crippen LogP contribution in [-0.2, 0) is 11.3 Å². The van der Waals surface area contributed by atoms with E-state index in [1.165, 1.54) is 0 Å². The van der Waals surface area contributed by atoms with Gasteiger partial charge in [-0.15, -0.1) is 0 Å². The van der Waals surface area contributed by atoms with Gasteiger partial charge in [0.25, 0.3) is 0 Å². The number of carbonyl (C=O) groups is 1. The van der Waals surface area contributed by atoms with Gasteiger partial charge >= 0.3 is 17.1 Å². The monoisotopic (exact) mass is 292 g/mol. The van der Waals surface area contributed by atoms with Gasteiger partial charge in [-0.1, -0.05) is 0 Å². The first-order valence-corrected chi connectivity index (χ1v) is 4.96. The first kappa shape index (κ1) is 13.8. The van der Waals surface area contributed by atoms with E-state index in [4.69, 9.17) is 5.11 Å². The van der Waals surface area contributed by atoms with Crippen molar-refractivity contribution in [3.05, 3.63) is 44.0 Å². The van der Waals surface area contributed by atoms with Crippen LogP contribution in [0.15, 0.2) is 9.59 Å². The highest BCUT2D eigenvalue weighted by Crippen LogP contribution is 2.23. The maximum atomic E-state index is 13.6. The number of hydrogen-bond acceptors (Lipinski definition) is 3.